The van der Waals surface area contributed by atoms with Gasteiger partial charge in [0.1, 0.15) is 0 Å². The highest BCUT2D eigenvalue weighted by Crippen LogP contribution is 2.65. The van der Waals surface area contributed by atoms with Crippen molar-refractivity contribution in [3.05, 3.63) is 23.8 Å². The van der Waals surface area contributed by atoms with Gasteiger partial charge in [0.15, 0.2) is 23.5 Å². The summed E-state index contributed by atoms with van der Waals surface area (Å²) in [7, 11) is 0. The van der Waals surface area contributed by atoms with Gasteiger partial charge in [0, 0.05) is 23.7 Å². The normalized spacial score (nSPS) is 46.3. The Hall–Kier alpha value is -1.30. The molecule has 0 radical (unpaired) electrons. The van der Waals surface area contributed by atoms with E-state index in [0.29, 0.717) is 24.7 Å². The lowest BCUT2D eigenvalue weighted by Crippen LogP contribution is -2.58. The zero-order valence-corrected chi connectivity index (χ0v) is 20.8. The average Bonchev–Trinajstić information content (AvgIpc) is 3.21. The Morgan fingerprint density at radius 1 is 1.24 bits per heavy atom. The van der Waals surface area contributed by atoms with E-state index in [1.54, 1.807) is 12.2 Å². The molecule has 1 saturated heterocycles. The van der Waals surface area contributed by atoms with Crippen molar-refractivity contribution in [3.8, 4) is 0 Å². The molecule has 5 aliphatic rings. The minimum absolute atomic E-state index is 0.0150. The number of Topliss-reactive ketones (excluding diaryl/α,β-unsaturated/α-hetero) is 1. The van der Waals surface area contributed by atoms with E-state index in [2.05, 4.69) is 34.6 Å². The number of hydrogen-bond acceptors (Lipinski definition) is 5. The molecular weight excluding hydrogens is 416 g/mol. The molecule has 1 aliphatic heterocycles. The van der Waals surface area contributed by atoms with Crippen molar-refractivity contribution in [2.24, 2.45) is 34.5 Å². The molecule has 5 rings (SSSR count). The fourth-order valence-electron chi connectivity index (χ4n) is 8.07. The highest BCUT2D eigenvalue weighted by molar-refractivity contribution is 6.01. The van der Waals surface area contributed by atoms with Crippen LogP contribution in [0.25, 0.3) is 0 Å². The third-order valence-corrected chi connectivity index (χ3v) is 9.29. The van der Waals surface area contributed by atoms with E-state index >= 15 is 0 Å². The number of carbonyl (C=O) groups excluding carboxylic acids is 2. The van der Waals surface area contributed by atoms with Gasteiger partial charge < -0.3 is 14.6 Å². The molecule has 3 saturated carbocycles. The maximum absolute atomic E-state index is 13.9. The number of ether oxygens (including phenoxy) is 2. The van der Waals surface area contributed by atoms with Crippen molar-refractivity contribution in [1.82, 2.24) is 0 Å². The lowest BCUT2D eigenvalue weighted by atomic mass is 9.49. The second-order valence-electron chi connectivity index (χ2n) is 12.6. The second kappa shape index (κ2) is 7.86. The predicted octanol–water partition coefficient (Wildman–Crippen LogP) is 4.77. The Bertz CT molecular complexity index is 896. The van der Waals surface area contributed by atoms with Crippen molar-refractivity contribution in [2.45, 2.75) is 104 Å². The number of carbonyl (C=O) groups is 2. The van der Waals surface area contributed by atoms with Gasteiger partial charge in [-0.1, -0.05) is 52.7 Å². The molecule has 5 nitrogen and oxygen atoms in total. The summed E-state index contributed by atoms with van der Waals surface area (Å²) in [6, 6.07) is 0. The summed E-state index contributed by atoms with van der Waals surface area (Å²) >= 11 is 0. The van der Waals surface area contributed by atoms with Crippen molar-refractivity contribution in [1.29, 1.82) is 0 Å². The fourth-order valence-corrected chi connectivity index (χ4v) is 8.07. The standard InChI is InChI=1S/C28H40O5/c1-6-7-24-32-23-13-19-18-9-8-16-12-17(29)10-11-27(16,5)25(18)21(30)14-20(19)28(23,33-24)22(31)15-26(2,3)4/h10-12,18-21,23-25,30H,6-9,13-15H2,1-5H3/t18-,19-,20?,21-,23+,24+,25+,27-,28+/m0/s1. The highest BCUT2D eigenvalue weighted by Gasteiger charge is 2.70. The van der Waals surface area contributed by atoms with Crippen LogP contribution in [0.3, 0.4) is 0 Å². The first-order valence-electron chi connectivity index (χ1n) is 13.0. The van der Waals surface area contributed by atoms with Crippen molar-refractivity contribution >= 4 is 11.6 Å². The van der Waals surface area contributed by atoms with Crippen LogP contribution in [0.2, 0.25) is 0 Å². The molecule has 9 atom stereocenters. The van der Waals surface area contributed by atoms with Crippen LogP contribution in [0.15, 0.2) is 23.8 Å². The van der Waals surface area contributed by atoms with E-state index in [-0.39, 0.29) is 46.6 Å². The maximum atomic E-state index is 13.9. The zero-order valence-electron chi connectivity index (χ0n) is 20.8. The molecule has 1 heterocycles. The molecule has 33 heavy (non-hydrogen) atoms. The topological polar surface area (TPSA) is 72.8 Å². The lowest BCUT2D eigenvalue weighted by Gasteiger charge is -2.56. The van der Waals surface area contributed by atoms with E-state index in [9.17, 15) is 14.7 Å². The Morgan fingerprint density at radius 3 is 2.70 bits per heavy atom. The van der Waals surface area contributed by atoms with E-state index in [4.69, 9.17) is 9.47 Å². The smallest absolute Gasteiger partial charge is 0.178 e. The summed E-state index contributed by atoms with van der Waals surface area (Å²) in [4.78, 5) is 26.0. The molecule has 0 spiro atoms. The van der Waals surface area contributed by atoms with Gasteiger partial charge in [0.05, 0.1) is 12.2 Å². The van der Waals surface area contributed by atoms with Crippen LogP contribution in [-0.2, 0) is 19.1 Å². The molecule has 0 bridgehead atoms. The number of aliphatic hydroxyl groups is 1. The van der Waals surface area contributed by atoms with Gasteiger partial charge in [0.25, 0.3) is 0 Å². The van der Waals surface area contributed by atoms with E-state index in [0.717, 1.165) is 37.7 Å². The summed E-state index contributed by atoms with van der Waals surface area (Å²) < 4.78 is 13.0. The molecule has 4 fully saturated rings. The third-order valence-electron chi connectivity index (χ3n) is 9.29. The molecule has 5 heteroatoms. The lowest BCUT2D eigenvalue weighted by molar-refractivity contribution is -0.173. The molecular formula is C28H40O5. The minimum atomic E-state index is -0.931. The molecule has 0 amide bonds. The number of rotatable bonds is 4. The van der Waals surface area contributed by atoms with Gasteiger partial charge in [-0.15, -0.1) is 0 Å². The Morgan fingerprint density at radius 2 is 2.00 bits per heavy atom. The van der Waals surface area contributed by atoms with Crippen LogP contribution in [0.1, 0.15) is 79.6 Å². The molecule has 0 aromatic rings. The first-order chi connectivity index (χ1) is 15.5. The van der Waals surface area contributed by atoms with E-state index in [1.165, 1.54) is 0 Å². The summed E-state index contributed by atoms with van der Waals surface area (Å²) in [6.45, 7) is 10.6. The third kappa shape index (κ3) is 3.52. The van der Waals surface area contributed by atoms with Crippen LogP contribution in [-0.4, -0.2) is 40.8 Å². The maximum Gasteiger partial charge on any atom is 0.178 e. The van der Waals surface area contributed by atoms with Crippen LogP contribution >= 0.6 is 0 Å². The van der Waals surface area contributed by atoms with Gasteiger partial charge in [-0.3, -0.25) is 9.59 Å². The minimum Gasteiger partial charge on any atom is -0.393 e. The predicted molar refractivity (Wildman–Crippen MR) is 125 cm³/mol. The fraction of sp³-hybridized carbons (Fsp3) is 0.786. The summed E-state index contributed by atoms with van der Waals surface area (Å²) in [5.41, 5.74) is -0.206. The van der Waals surface area contributed by atoms with E-state index < -0.39 is 11.7 Å². The van der Waals surface area contributed by atoms with Gasteiger partial charge in [-0.25, -0.2) is 0 Å². The average molecular weight is 457 g/mol. The molecule has 182 valence electrons. The van der Waals surface area contributed by atoms with Crippen LogP contribution in [0.5, 0.6) is 0 Å². The number of allylic oxidation sites excluding steroid dienone is 4. The molecule has 1 N–H and O–H groups in total. The van der Waals surface area contributed by atoms with Crippen molar-refractivity contribution < 1.29 is 24.2 Å². The Labute approximate surface area is 198 Å². The van der Waals surface area contributed by atoms with Gasteiger partial charge in [0.2, 0.25) is 0 Å². The first-order valence-corrected chi connectivity index (χ1v) is 13.0. The zero-order chi connectivity index (χ0) is 23.8. The number of ketones is 2. The van der Waals surface area contributed by atoms with Gasteiger partial charge in [-0.2, -0.15) is 0 Å². The second-order valence-corrected chi connectivity index (χ2v) is 12.6. The van der Waals surface area contributed by atoms with Crippen molar-refractivity contribution in [2.75, 3.05) is 0 Å². The van der Waals surface area contributed by atoms with Crippen LogP contribution in [0, 0.1) is 34.5 Å². The Balaban J connectivity index is 1.50. The van der Waals surface area contributed by atoms with Gasteiger partial charge >= 0.3 is 0 Å². The number of hydrogen-bond donors (Lipinski definition) is 1. The molecule has 4 aliphatic carbocycles. The Kier molecular flexibility index (Phi) is 5.58. The first kappa shape index (κ1) is 23.4. The van der Waals surface area contributed by atoms with E-state index in [1.807, 2.05) is 6.08 Å². The van der Waals surface area contributed by atoms with Crippen LogP contribution < -0.4 is 0 Å². The number of aliphatic hydroxyl groups excluding tert-OH is 1. The molecule has 1 unspecified atom stereocenters. The summed E-state index contributed by atoms with van der Waals surface area (Å²) in [6.07, 6.45) is 9.80. The quantitative estimate of drug-likeness (QED) is 0.660. The van der Waals surface area contributed by atoms with Crippen molar-refractivity contribution in [3.63, 3.8) is 0 Å². The summed E-state index contributed by atoms with van der Waals surface area (Å²) in [5.74, 6) is 0.833. The molecule has 0 aromatic heterocycles. The SMILES string of the molecule is CCC[C@@H]1O[C@@H]2C[C@@H]3C(C[C@H](O)[C@H]4[C@H]3CCC3=CC(=O)C=C[C@@]34C)[C@]2(C(=O)CC(C)(C)C)O1. The summed E-state index contributed by atoms with van der Waals surface area (Å²) in [5, 5.41) is 11.6. The largest absolute Gasteiger partial charge is 0.393 e. The number of fused-ring (bicyclic) bond motifs is 7. The van der Waals surface area contributed by atoms with Crippen LogP contribution in [0.4, 0.5) is 0 Å². The molecule has 0 aromatic carbocycles. The highest BCUT2D eigenvalue weighted by atomic mass is 16.7. The monoisotopic (exact) mass is 456 g/mol. The van der Waals surface area contributed by atoms with Gasteiger partial charge in [-0.05, 0) is 61.5 Å².